The maximum absolute atomic E-state index is 12.6. The van der Waals surface area contributed by atoms with Gasteiger partial charge in [-0.05, 0) is 44.2 Å². The predicted octanol–water partition coefficient (Wildman–Crippen LogP) is 3.56. The van der Waals surface area contributed by atoms with Crippen molar-refractivity contribution in [2.24, 2.45) is 5.92 Å². The van der Waals surface area contributed by atoms with E-state index >= 15 is 0 Å². The van der Waals surface area contributed by atoms with Gasteiger partial charge in [-0.1, -0.05) is 17.7 Å². The molecule has 0 unspecified atom stereocenters. The van der Waals surface area contributed by atoms with Crippen LogP contribution in [0.2, 0.25) is 5.02 Å². The number of urea groups is 1. The molecule has 0 aromatic heterocycles. The van der Waals surface area contributed by atoms with E-state index in [2.05, 4.69) is 5.32 Å². The lowest BCUT2D eigenvalue weighted by molar-refractivity contribution is -0.384. The molecular weight excluding hydrogens is 374 g/mol. The van der Waals surface area contributed by atoms with Crippen LogP contribution in [0.5, 0.6) is 0 Å². The highest BCUT2D eigenvalue weighted by Gasteiger charge is 2.39. The second-order valence-electron chi connectivity index (χ2n) is 6.62. The molecule has 1 heterocycles. The highest BCUT2D eigenvalue weighted by atomic mass is 35.5. The van der Waals surface area contributed by atoms with Gasteiger partial charge in [0.15, 0.2) is 0 Å². The lowest BCUT2D eigenvalue weighted by Gasteiger charge is -2.35. The number of allylic oxidation sites excluding steroid dienone is 1. The highest BCUT2D eigenvalue weighted by molar-refractivity contribution is 6.32. The molecule has 1 aromatic rings. The number of amides is 2. The monoisotopic (exact) mass is 393 g/mol. The van der Waals surface area contributed by atoms with Crippen molar-refractivity contribution in [3.8, 4) is 0 Å². The molecule has 1 atom stereocenters. The van der Waals surface area contributed by atoms with E-state index < -0.39 is 16.9 Å². The van der Waals surface area contributed by atoms with E-state index in [0.717, 1.165) is 12.8 Å². The Kier molecular flexibility index (Phi) is 5.36. The smallest absolute Gasteiger partial charge is 0.338 e. The Morgan fingerprint density at radius 1 is 1.44 bits per heavy atom. The molecule has 1 saturated carbocycles. The molecule has 0 radical (unpaired) electrons. The number of benzene rings is 1. The maximum atomic E-state index is 12.6. The summed E-state index contributed by atoms with van der Waals surface area (Å²) in [6.07, 6.45) is 2.11. The number of nitrogens with zero attached hydrogens (tertiary/aromatic N) is 2. The van der Waals surface area contributed by atoms with Gasteiger partial charge in [-0.25, -0.2) is 9.59 Å². The normalized spacial score (nSPS) is 19.7. The minimum Gasteiger partial charge on any atom is -0.463 e. The van der Waals surface area contributed by atoms with Gasteiger partial charge in [0.25, 0.3) is 5.69 Å². The van der Waals surface area contributed by atoms with Crippen LogP contribution in [-0.2, 0) is 9.53 Å². The number of hydrogen-bond acceptors (Lipinski definition) is 5. The molecule has 8 nitrogen and oxygen atoms in total. The third-order valence-electron chi connectivity index (χ3n) is 4.73. The number of halogens is 1. The fourth-order valence-corrected chi connectivity index (χ4v) is 3.32. The summed E-state index contributed by atoms with van der Waals surface area (Å²) in [5.41, 5.74) is 0.887. The average Bonchev–Trinajstić information content (AvgIpc) is 3.42. The minimum atomic E-state index is -0.844. The number of esters is 1. The molecule has 2 amide bonds. The van der Waals surface area contributed by atoms with Gasteiger partial charge < -0.3 is 10.1 Å². The topological polar surface area (TPSA) is 102 Å². The van der Waals surface area contributed by atoms with Gasteiger partial charge in [-0.2, -0.15) is 0 Å². The van der Waals surface area contributed by atoms with Crippen LogP contribution in [0.1, 0.15) is 38.3 Å². The van der Waals surface area contributed by atoms with E-state index in [1.54, 1.807) is 24.8 Å². The molecule has 0 bridgehead atoms. The quantitative estimate of drug-likeness (QED) is 0.452. The number of hydrogen-bond donors (Lipinski definition) is 1. The fraction of sp³-hybridized carbons (Fsp3) is 0.444. The second-order valence-corrected chi connectivity index (χ2v) is 7.03. The highest BCUT2D eigenvalue weighted by Crippen LogP contribution is 2.37. The van der Waals surface area contributed by atoms with Crippen molar-refractivity contribution >= 4 is 29.3 Å². The van der Waals surface area contributed by atoms with E-state index in [-0.39, 0.29) is 28.9 Å². The summed E-state index contributed by atoms with van der Waals surface area (Å²) in [4.78, 5) is 37.4. The van der Waals surface area contributed by atoms with Gasteiger partial charge in [-0.3, -0.25) is 15.0 Å². The van der Waals surface area contributed by atoms with Crippen LogP contribution in [0.15, 0.2) is 29.5 Å². The molecular formula is C18H20ClN3O5. The van der Waals surface area contributed by atoms with E-state index in [1.165, 1.54) is 12.1 Å². The molecule has 1 aliphatic carbocycles. The molecule has 1 aliphatic heterocycles. The van der Waals surface area contributed by atoms with Gasteiger partial charge >= 0.3 is 12.0 Å². The third-order valence-corrected chi connectivity index (χ3v) is 5.05. The van der Waals surface area contributed by atoms with Gasteiger partial charge in [0.05, 0.1) is 23.1 Å². The Balaban J connectivity index is 2.05. The first kappa shape index (κ1) is 19.2. The summed E-state index contributed by atoms with van der Waals surface area (Å²) in [6.45, 7) is 4.11. The summed E-state index contributed by atoms with van der Waals surface area (Å²) >= 11 is 5.88. The van der Waals surface area contributed by atoms with Crippen LogP contribution in [0.25, 0.3) is 0 Å². The molecule has 1 N–H and O–H groups in total. The van der Waals surface area contributed by atoms with Gasteiger partial charge in [-0.15, -0.1) is 0 Å². The third kappa shape index (κ3) is 3.90. The van der Waals surface area contributed by atoms with E-state index in [4.69, 9.17) is 16.3 Å². The number of carbonyl (C=O) groups excluding carboxylic acids is 2. The SMILES string of the molecule is CCOC(=O)C1=C(C)N(CC2CC2)C(=O)N[C@H]1c1ccc(Cl)c([N+](=O)[O-])c1. The van der Waals surface area contributed by atoms with Crippen LogP contribution in [0.3, 0.4) is 0 Å². The zero-order valence-corrected chi connectivity index (χ0v) is 15.8. The van der Waals surface area contributed by atoms with Crippen LogP contribution >= 0.6 is 11.6 Å². The van der Waals surface area contributed by atoms with Crippen LogP contribution < -0.4 is 5.32 Å². The van der Waals surface area contributed by atoms with Gasteiger partial charge in [0.1, 0.15) is 5.02 Å². The van der Waals surface area contributed by atoms with Crippen molar-refractivity contribution in [3.05, 3.63) is 50.2 Å². The lowest BCUT2D eigenvalue weighted by atomic mass is 9.94. The predicted molar refractivity (Wildman–Crippen MR) is 98.1 cm³/mol. The summed E-state index contributed by atoms with van der Waals surface area (Å²) in [5.74, 6) is -0.124. The Morgan fingerprint density at radius 2 is 2.15 bits per heavy atom. The van der Waals surface area contributed by atoms with Crippen LogP contribution in [0.4, 0.5) is 10.5 Å². The van der Waals surface area contributed by atoms with Gasteiger partial charge in [0.2, 0.25) is 0 Å². The second kappa shape index (κ2) is 7.56. The molecule has 27 heavy (non-hydrogen) atoms. The van der Waals surface area contributed by atoms with Crippen molar-refractivity contribution in [1.82, 2.24) is 10.2 Å². The zero-order chi connectivity index (χ0) is 19.7. The number of nitro groups is 1. The fourth-order valence-electron chi connectivity index (χ4n) is 3.13. The van der Waals surface area contributed by atoms with Gasteiger partial charge in [0, 0.05) is 18.3 Å². The Bertz CT molecular complexity index is 834. The first-order chi connectivity index (χ1) is 12.8. The molecule has 144 valence electrons. The summed E-state index contributed by atoms with van der Waals surface area (Å²) in [6, 6.07) is 3.04. The van der Waals surface area contributed by atoms with Crippen LogP contribution in [0, 0.1) is 16.0 Å². The Hall–Kier alpha value is -2.61. The standard InChI is InChI=1S/C18H20ClN3O5/c1-3-27-17(23)15-10(2)21(9-11-4-5-11)18(24)20-16(15)12-6-7-13(19)14(8-12)22(25)26/h6-8,11,16H,3-5,9H2,1-2H3,(H,20,24)/t16-/m0/s1. The zero-order valence-electron chi connectivity index (χ0n) is 15.0. The summed E-state index contributed by atoms with van der Waals surface area (Å²) in [7, 11) is 0. The first-order valence-electron chi connectivity index (χ1n) is 8.73. The first-order valence-corrected chi connectivity index (χ1v) is 9.11. The van der Waals surface area contributed by atoms with E-state index in [9.17, 15) is 19.7 Å². The molecule has 1 fully saturated rings. The van der Waals surface area contributed by atoms with E-state index in [1.807, 2.05) is 0 Å². The molecule has 0 saturated heterocycles. The summed E-state index contributed by atoms with van der Waals surface area (Å²) in [5, 5.41) is 14.0. The Morgan fingerprint density at radius 3 is 2.74 bits per heavy atom. The number of carbonyl (C=O) groups is 2. The maximum Gasteiger partial charge on any atom is 0.338 e. The Labute approximate surface area is 161 Å². The number of nitro benzene ring substituents is 1. The van der Waals surface area contributed by atoms with Crippen molar-refractivity contribution in [3.63, 3.8) is 0 Å². The van der Waals surface area contributed by atoms with Crippen LogP contribution in [-0.4, -0.2) is 35.0 Å². The molecule has 9 heteroatoms. The minimum absolute atomic E-state index is 0.0142. The van der Waals surface area contributed by atoms with E-state index in [0.29, 0.717) is 23.7 Å². The number of ether oxygens (including phenoxy) is 1. The van der Waals surface area contributed by atoms with Crippen molar-refractivity contribution < 1.29 is 19.2 Å². The molecule has 2 aliphatic rings. The average molecular weight is 394 g/mol. The summed E-state index contributed by atoms with van der Waals surface area (Å²) < 4.78 is 5.17. The molecule has 0 spiro atoms. The number of nitrogens with one attached hydrogen (secondary N) is 1. The van der Waals surface area contributed by atoms with Crippen molar-refractivity contribution in [2.75, 3.05) is 13.2 Å². The molecule has 3 rings (SSSR count). The lowest BCUT2D eigenvalue weighted by Crippen LogP contribution is -2.48. The molecule has 1 aromatic carbocycles. The number of rotatable bonds is 6. The van der Waals surface area contributed by atoms with Crippen molar-refractivity contribution in [1.29, 1.82) is 0 Å². The van der Waals surface area contributed by atoms with Crippen molar-refractivity contribution in [2.45, 2.75) is 32.7 Å². The largest absolute Gasteiger partial charge is 0.463 e.